The molecule has 0 aromatic carbocycles. The van der Waals surface area contributed by atoms with E-state index in [0.29, 0.717) is 17.6 Å². The molecule has 1 fully saturated rings. The zero-order valence-corrected chi connectivity index (χ0v) is 11.4. The number of nitrogens with one attached hydrogen (secondary N) is 1. The monoisotopic (exact) mass is 250 g/mol. The maximum Gasteiger partial charge on any atom is 0.254 e. The van der Waals surface area contributed by atoms with Crippen molar-refractivity contribution in [1.82, 2.24) is 9.97 Å². The molecule has 0 amide bonds. The summed E-state index contributed by atoms with van der Waals surface area (Å²) >= 11 is 0. The topological polar surface area (TPSA) is 55.0 Å². The van der Waals surface area contributed by atoms with Gasteiger partial charge in [0.15, 0.2) is 0 Å². The highest BCUT2D eigenvalue weighted by Gasteiger charge is 2.21. The van der Waals surface area contributed by atoms with E-state index in [1.54, 1.807) is 0 Å². The molecule has 1 N–H and O–H groups in total. The summed E-state index contributed by atoms with van der Waals surface area (Å²) in [6.45, 7) is 6.26. The van der Waals surface area contributed by atoms with Gasteiger partial charge in [-0.25, -0.2) is 0 Å². The van der Waals surface area contributed by atoms with Gasteiger partial charge in [-0.15, -0.1) is 0 Å². The van der Waals surface area contributed by atoms with Gasteiger partial charge in [-0.2, -0.15) is 4.98 Å². The van der Waals surface area contributed by atoms with Crippen LogP contribution in [-0.4, -0.2) is 16.1 Å². The van der Waals surface area contributed by atoms with Crippen LogP contribution in [0.5, 0.6) is 5.88 Å². The molecule has 0 spiro atoms. The molecule has 0 radical (unpaired) electrons. The number of ether oxygens (including phenoxy) is 1. The van der Waals surface area contributed by atoms with E-state index in [1.165, 1.54) is 18.9 Å². The van der Waals surface area contributed by atoms with Gasteiger partial charge in [0, 0.05) is 5.92 Å². The summed E-state index contributed by atoms with van der Waals surface area (Å²) in [5.74, 6) is 2.07. The Labute approximate surface area is 108 Å². The Morgan fingerprint density at radius 1 is 1.44 bits per heavy atom. The molecule has 2 atom stereocenters. The van der Waals surface area contributed by atoms with E-state index in [0.717, 1.165) is 12.8 Å². The van der Waals surface area contributed by atoms with Gasteiger partial charge in [0.2, 0.25) is 5.88 Å². The predicted molar refractivity (Wildman–Crippen MR) is 71.0 cm³/mol. The molecule has 100 valence electrons. The van der Waals surface area contributed by atoms with Gasteiger partial charge in [-0.1, -0.05) is 27.2 Å². The second-order valence-corrected chi connectivity index (χ2v) is 5.64. The zero-order valence-electron chi connectivity index (χ0n) is 11.4. The Morgan fingerprint density at radius 2 is 2.22 bits per heavy atom. The van der Waals surface area contributed by atoms with E-state index < -0.39 is 0 Å². The fourth-order valence-corrected chi connectivity index (χ4v) is 2.44. The molecule has 2 rings (SSSR count). The number of nitrogens with zero attached hydrogens (tertiary/aromatic N) is 1. The van der Waals surface area contributed by atoms with Crippen LogP contribution in [-0.2, 0) is 0 Å². The minimum atomic E-state index is -0.132. The molecule has 2 unspecified atom stereocenters. The molecule has 1 aliphatic carbocycles. The van der Waals surface area contributed by atoms with Crippen LogP contribution >= 0.6 is 0 Å². The lowest BCUT2D eigenvalue weighted by Crippen LogP contribution is -2.25. The SMILES string of the molecule is CC1CCCC(Oc2cc(=O)[nH]c(C(C)C)n2)C1. The third-order valence-corrected chi connectivity index (χ3v) is 3.46. The average molecular weight is 250 g/mol. The van der Waals surface area contributed by atoms with Gasteiger partial charge >= 0.3 is 0 Å². The first kappa shape index (κ1) is 13.1. The highest BCUT2D eigenvalue weighted by Crippen LogP contribution is 2.26. The summed E-state index contributed by atoms with van der Waals surface area (Å²) in [5, 5.41) is 0. The standard InChI is InChI=1S/C14H22N2O2/c1-9(2)14-15-12(17)8-13(16-14)18-11-6-4-5-10(3)7-11/h8-11H,4-7H2,1-3H3,(H,15,16,17). The van der Waals surface area contributed by atoms with Crippen LogP contribution in [0.3, 0.4) is 0 Å². The molecular weight excluding hydrogens is 228 g/mol. The van der Waals surface area contributed by atoms with Gasteiger partial charge in [0.25, 0.3) is 5.56 Å². The summed E-state index contributed by atoms with van der Waals surface area (Å²) in [6, 6.07) is 1.45. The average Bonchev–Trinajstić information content (AvgIpc) is 2.28. The van der Waals surface area contributed by atoms with E-state index in [4.69, 9.17) is 4.74 Å². The fourth-order valence-electron chi connectivity index (χ4n) is 2.44. The first-order valence-corrected chi connectivity index (χ1v) is 6.82. The minimum absolute atomic E-state index is 0.132. The molecule has 1 aromatic heterocycles. The van der Waals surface area contributed by atoms with Crippen molar-refractivity contribution in [3.63, 3.8) is 0 Å². The van der Waals surface area contributed by atoms with Crippen LogP contribution < -0.4 is 10.3 Å². The van der Waals surface area contributed by atoms with Crippen molar-refractivity contribution in [3.8, 4) is 5.88 Å². The second kappa shape index (κ2) is 5.55. The van der Waals surface area contributed by atoms with Crippen molar-refractivity contribution in [1.29, 1.82) is 0 Å². The molecule has 1 heterocycles. The van der Waals surface area contributed by atoms with E-state index >= 15 is 0 Å². The van der Waals surface area contributed by atoms with Crippen LogP contribution in [0.25, 0.3) is 0 Å². The number of rotatable bonds is 3. The summed E-state index contributed by atoms with van der Waals surface area (Å²) in [6.07, 6.45) is 4.82. The third-order valence-electron chi connectivity index (χ3n) is 3.46. The largest absolute Gasteiger partial charge is 0.474 e. The lowest BCUT2D eigenvalue weighted by molar-refractivity contribution is 0.123. The molecule has 4 nitrogen and oxygen atoms in total. The number of aromatic amines is 1. The van der Waals surface area contributed by atoms with Crippen molar-refractivity contribution in [3.05, 3.63) is 22.2 Å². The molecule has 1 aromatic rings. The number of aromatic nitrogens is 2. The molecule has 4 heteroatoms. The second-order valence-electron chi connectivity index (χ2n) is 5.64. The first-order valence-electron chi connectivity index (χ1n) is 6.82. The Hall–Kier alpha value is -1.32. The van der Waals surface area contributed by atoms with Crippen LogP contribution in [0, 0.1) is 5.92 Å². The van der Waals surface area contributed by atoms with Crippen molar-refractivity contribution in [2.45, 2.75) is 58.5 Å². The van der Waals surface area contributed by atoms with Crippen molar-refractivity contribution >= 4 is 0 Å². The van der Waals surface area contributed by atoms with E-state index in [2.05, 4.69) is 16.9 Å². The smallest absolute Gasteiger partial charge is 0.254 e. The highest BCUT2D eigenvalue weighted by atomic mass is 16.5. The Morgan fingerprint density at radius 3 is 2.89 bits per heavy atom. The summed E-state index contributed by atoms with van der Waals surface area (Å²) in [7, 11) is 0. The third kappa shape index (κ3) is 3.34. The van der Waals surface area contributed by atoms with E-state index in [-0.39, 0.29) is 17.6 Å². The first-order chi connectivity index (χ1) is 8.54. The fraction of sp³-hybridized carbons (Fsp3) is 0.714. The lowest BCUT2D eigenvalue weighted by atomic mass is 9.89. The van der Waals surface area contributed by atoms with Gasteiger partial charge < -0.3 is 9.72 Å². The maximum atomic E-state index is 11.5. The molecule has 18 heavy (non-hydrogen) atoms. The molecular formula is C14H22N2O2. The predicted octanol–water partition coefficient (Wildman–Crippen LogP) is 2.85. The van der Waals surface area contributed by atoms with Crippen LogP contribution in [0.15, 0.2) is 10.9 Å². The van der Waals surface area contributed by atoms with E-state index in [9.17, 15) is 4.79 Å². The highest BCUT2D eigenvalue weighted by molar-refractivity contribution is 5.11. The number of H-pyrrole nitrogens is 1. The normalized spacial score (nSPS) is 24.2. The number of hydrogen-bond donors (Lipinski definition) is 1. The van der Waals surface area contributed by atoms with Gasteiger partial charge in [-0.3, -0.25) is 4.79 Å². The Kier molecular flexibility index (Phi) is 4.04. The van der Waals surface area contributed by atoms with Crippen molar-refractivity contribution in [2.24, 2.45) is 5.92 Å². The summed E-state index contributed by atoms with van der Waals surface area (Å²) in [4.78, 5) is 18.7. The Bertz CT molecular complexity index is 453. The lowest BCUT2D eigenvalue weighted by Gasteiger charge is -2.26. The van der Waals surface area contributed by atoms with E-state index in [1.807, 2.05) is 13.8 Å². The molecule has 0 bridgehead atoms. The van der Waals surface area contributed by atoms with Crippen LogP contribution in [0.2, 0.25) is 0 Å². The van der Waals surface area contributed by atoms with Crippen molar-refractivity contribution in [2.75, 3.05) is 0 Å². The molecule has 0 aliphatic heterocycles. The van der Waals surface area contributed by atoms with Crippen molar-refractivity contribution < 1.29 is 4.74 Å². The van der Waals surface area contributed by atoms with Gasteiger partial charge in [-0.05, 0) is 25.2 Å². The Balaban J connectivity index is 2.11. The van der Waals surface area contributed by atoms with Gasteiger partial charge in [0.05, 0.1) is 6.07 Å². The molecule has 0 saturated heterocycles. The number of hydrogen-bond acceptors (Lipinski definition) is 3. The molecule has 1 saturated carbocycles. The maximum absolute atomic E-state index is 11.5. The van der Waals surface area contributed by atoms with Crippen LogP contribution in [0.1, 0.15) is 58.2 Å². The quantitative estimate of drug-likeness (QED) is 0.897. The molecule has 1 aliphatic rings. The van der Waals surface area contributed by atoms with Crippen LogP contribution in [0.4, 0.5) is 0 Å². The summed E-state index contributed by atoms with van der Waals surface area (Å²) in [5.41, 5.74) is -0.132. The van der Waals surface area contributed by atoms with Gasteiger partial charge in [0.1, 0.15) is 11.9 Å². The summed E-state index contributed by atoms with van der Waals surface area (Å²) < 4.78 is 5.87. The zero-order chi connectivity index (χ0) is 13.1. The minimum Gasteiger partial charge on any atom is -0.474 e.